The number of hydrogen-bond donors (Lipinski definition) is 1. The molecule has 1 N–H and O–H groups in total. The minimum Gasteiger partial charge on any atom is -0.496 e. The molecule has 0 aliphatic rings. The van der Waals surface area contributed by atoms with Crippen LogP contribution in [0.3, 0.4) is 0 Å². The van der Waals surface area contributed by atoms with Gasteiger partial charge < -0.3 is 15.0 Å². The summed E-state index contributed by atoms with van der Waals surface area (Å²) in [5.41, 5.74) is 2.71. The van der Waals surface area contributed by atoms with E-state index in [9.17, 15) is 18.0 Å². The zero-order valence-electron chi connectivity index (χ0n) is 26.0. The number of hydrogen-bond acceptors (Lipinski definition) is 5. The third-order valence-electron chi connectivity index (χ3n) is 7.43. The highest BCUT2D eigenvalue weighted by atomic mass is 79.9. The molecule has 1 atom stereocenters. The van der Waals surface area contributed by atoms with Crippen molar-refractivity contribution in [3.8, 4) is 5.75 Å². The molecule has 0 aliphatic heterocycles. The number of aryl methyl sites for hydroxylation is 1. The number of benzene rings is 4. The van der Waals surface area contributed by atoms with Crippen LogP contribution in [-0.2, 0) is 32.6 Å². The SMILES string of the molecule is CCCNC(=O)[C@@H](Cc1ccccc1)N(Cc1ccccc1Cl)C(=O)CN(c1ccc(C)cc1)S(=O)(=O)c1ccc(OC)c(Br)c1. The maximum absolute atomic E-state index is 14.5. The molecule has 0 fully saturated rings. The highest BCUT2D eigenvalue weighted by molar-refractivity contribution is 9.10. The summed E-state index contributed by atoms with van der Waals surface area (Å²) in [5, 5.41) is 3.37. The lowest BCUT2D eigenvalue weighted by molar-refractivity contribution is -0.140. The number of nitrogens with one attached hydrogen (secondary N) is 1. The standard InChI is InChI=1S/C35H37BrClN3O5S/c1-4-20-38-35(42)32(21-26-10-6-5-7-11-26)39(23-27-12-8-9-13-31(27)37)34(41)24-40(28-16-14-25(2)15-17-28)46(43,44)29-18-19-33(45-3)30(36)22-29/h5-19,22,32H,4,20-21,23-24H2,1-3H3,(H,38,42)/t32-/m1/s1. The van der Waals surface area contributed by atoms with Gasteiger partial charge in [-0.15, -0.1) is 0 Å². The van der Waals surface area contributed by atoms with Crippen molar-refractivity contribution in [2.24, 2.45) is 0 Å². The van der Waals surface area contributed by atoms with Gasteiger partial charge in [0, 0.05) is 24.5 Å². The van der Waals surface area contributed by atoms with E-state index in [4.69, 9.17) is 16.3 Å². The van der Waals surface area contributed by atoms with Crippen molar-refractivity contribution in [3.05, 3.63) is 123 Å². The molecular formula is C35H37BrClN3O5S. The Morgan fingerprint density at radius 1 is 0.957 bits per heavy atom. The smallest absolute Gasteiger partial charge is 0.264 e. The lowest BCUT2D eigenvalue weighted by atomic mass is 10.0. The summed E-state index contributed by atoms with van der Waals surface area (Å²) in [4.78, 5) is 29.7. The molecule has 0 unspecified atom stereocenters. The summed E-state index contributed by atoms with van der Waals surface area (Å²) in [6.07, 6.45) is 0.925. The van der Waals surface area contributed by atoms with E-state index in [-0.39, 0.29) is 23.8 Å². The van der Waals surface area contributed by atoms with Gasteiger partial charge in [-0.3, -0.25) is 13.9 Å². The maximum atomic E-state index is 14.5. The first-order valence-electron chi connectivity index (χ1n) is 14.8. The second kappa shape index (κ2) is 16.1. The number of sulfonamides is 1. The molecule has 0 bridgehead atoms. The third-order valence-corrected chi connectivity index (χ3v) is 10.2. The van der Waals surface area contributed by atoms with Crippen LogP contribution in [0.4, 0.5) is 5.69 Å². The lowest BCUT2D eigenvalue weighted by Gasteiger charge is -2.34. The Morgan fingerprint density at radius 3 is 2.26 bits per heavy atom. The second-order valence-electron chi connectivity index (χ2n) is 10.8. The Bertz CT molecular complexity index is 1750. The van der Waals surface area contributed by atoms with Crippen molar-refractivity contribution in [1.82, 2.24) is 10.2 Å². The largest absolute Gasteiger partial charge is 0.496 e. The van der Waals surface area contributed by atoms with Gasteiger partial charge in [0.05, 0.1) is 22.2 Å². The number of nitrogens with zero attached hydrogens (tertiary/aromatic N) is 2. The van der Waals surface area contributed by atoms with Crippen molar-refractivity contribution >= 4 is 55.1 Å². The molecule has 0 spiro atoms. The molecule has 2 amide bonds. The number of rotatable bonds is 14. The van der Waals surface area contributed by atoms with Crippen LogP contribution in [0.5, 0.6) is 5.75 Å². The Labute approximate surface area is 284 Å². The molecular weight excluding hydrogens is 690 g/mol. The molecule has 46 heavy (non-hydrogen) atoms. The third kappa shape index (κ3) is 8.69. The molecule has 242 valence electrons. The molecule has 11 heteroatoms. The van der Waals surface area contributed by atoms with E-state index >= 15 is 0 Å². The number of anilines is 1. The Balaban J connectivity index is 1.81. The van der Waals surface area contributed by atoms with Gasteiger partial charge in [0.2, 0.25) is 11.8 Å². The molecule has 4 aromatic carbocycles. The minimum absolute atomic E-state index is 0.00851. The van der Waals surface area contributed by atoms with E-state index in [0.717, 1.165) is 15.4 Å². The predicted octanol–water partition coefficient (Wildman–Crippen LogP) is 6.78. The van der Waals surface area contributed by atoms with Crippen LogP contribution in [0.1, 0.15) is 30.0 Å². The zero-order valence-corrected chi connectivity index (χ0v) is 29.1. The first-order chi connectivity index (χ1) is 22.0. The molecule has 0 aliphatic carbocycles. The molecule has 0 radical (unpaired) electrons. The Hall–Kier alpha value is -3.86. The minimum atomic E-state index is -4.27. The Kier molecular flexibility index (Phi) is 12.3. The maximum Gasteiger partial charge on any atom is 0.264 e. The molecule has 0 heterocycles. The number of carbonyl (C=O) groups is 2. The molecule has 4 rings (SSSR count). The average molecular weight is 727 g/mol. The second-order valence-corrected chi connectivity index (χ2v) is 13.9. The zero-order chi connectivity index (χ0) is 33.3. The van der Waals surface area contributed by atoms with Crippen molar-refractivity contribution in [1.29, 1.82) is 0 Å². The van der Waals surface area contributed by atoms with Crippen molar-refractivity contribution in [2.45, 2.75) is 44.2 Å². The Morgan fingerprint density at radius 2 is 1.63 bits per heavy atom. The summed E-state index contributed by atoms with van der Waals surface area (Å²) < 4.78 is 35.4. The first-order valence-corrected chi connectivity index (χ1v) is 17.4. The summed E-state index contributed by atoms with van der Waals surface area (Å²) >= 11 is 9.93. The van der Waals surface area contributed by atoms with Crippen LogP contribution in [0.2, 0.25) is 5.02 Å². The summed E-state index contributed by atoms with van der Waals surface area (Å²) in [6.45, 7) is 3.69. The monoisotopic (exact) mass is 725 g/mol. The van der Waals surface area contributed by atoms with E-state index in [1.807, 2.05) is 44.2 Å². The van der Waals surface area contributed by atoms with Crippen LogP contribution < -0.4 is 14.4 Å². The van der Waals surface area contributed by atoms with E-state index in [2.05, 4.69) is 21.2 Å². The molecule has 0 aromatic heterocycles. The van der Waals surface area contributed by atoms with Gasteiger partial charge in [0.1, 0.15) is 18.3 Å². The van der Waals surface area contributed by atoms with Gasteiger partial charge in [-0.1, -0.05) is 84.8 Å². The highest BCUT2D eigenvalue weighted by Crippen LogP contribution is 2.31. The fourth-order valence-electron chi connectivity index (χ4n) is 4.90. The summed E-state index contributed by atoms with van der Waals surface area (Å²) in [7, 11) is -2.78. The normalized spacial score (nSPS) is 11.8. The van der Waals surface area contributed by atoms with Gasteiger partial charge in [0.15, 0.2) is 0 Å². The van der Waals surface area contributed by atoms with Crippen LogP contribution >= 0.6 is 27.5 Å². The van der Waals surface area contributed by atoms with Crippen molar-refractivity contribution < 1.29 is 22.7 Å². The fourth-order valence-corrected chi connectivity index (χ4v) is 7.23. The predicted molar refractivity (Wildman–Crippen MR) is 186 cm³/mol. The number of methoxy groups -OCH3 is 1. The van der Waals surface area contributed by atoms with Gasteiger partial charge in [0.25, 0.3) is 10.0 Å². The van der Waals surface area contributed by atoms with Crippen LogP contribution in [0.25, 0.3) is 0 Å². The van der Waals surface area contributed by atoms with E-state index in [1.165, 1.54) is 24.1 Å². The van der Waals surface area contributed by atoms with E-state index in [0.29, 0.717) is 39.5 Å². The average Bonchev–Trinajstić information content (AvgIpc) is 3.05. The van der Waals surface area contributed by atoms with Gasteiger partial charge in [-0.25, -0.2) is 8.42 Å². The van der Waals surface area contributed by atoms with Crippen LogP contribution in [0, 0.1) is 6.92 Å². The molecule has 8 nitrogen and oxygen atoms in total. The van der Waals surface area contributed by atoms with Gasteiger partial charge in [-0.2, -0.15) is 0 Å². The van der Waals surface area contributed by atoms with E-state index < -0.39 is 28.5 Å². The van der Waals surface area contributed by atoms with Gasteiger partial charge >= 0.3 is 0 Å². The number of amides is 2. The van der Waals surface area contributed by atoms with Crippen molar-refractivity contribution in [3.63, 3.8) is 0 Å². The number of ether oxygens (including phenoxy) is 1. The lowest BCUT2D eigenvalue weighted by Crippen LogP contribution is -2.53. The fraction of sp³-hybridized carbons (Fsp3) is 0.257. The molecule has 0 saturated carbocycles. The molecule has 4 aromatic rings. The first kappa shape index (κ1) is 35.0. The number of halogens is 2. The summed E-state index contributed by atoms with van der Waals surface area (Å²) in [6, 6.07) is 26.8. The molecule has 0 saturated heterocycles. The quantitative estimate of drug-likeness (QED) is 0.155. The summed E-state index contributed by atoms with van der Waals surface area (Å²) in [5.74, 6) is -0.441. The topological polar surface area (TPSA) is 96.0 Å². The van der Waals surface area contributed by atoms with E-state index in [1.54, 1.807) is 54.6 Å². The number of carbonyl (C=O) groups excluding carboxylic acids is 2. The van der Waals surface area contributed by atoms with Crippen molar-refractivity contribution in [2.75, 3.05) is 24.5 Å². The highest BCUT2D eigenvalue weighted by Gasteiger charge is 2.35. The van der Waals surface area contributed by atoms with Gasteiger partial charge in [-0.05, 0) is 76.8 Å². The van der Waals surface area contributed by atoms with Crippen LogP contribution in [-0.4, -0.2) is 51.4 Å². The van der Waals surface area contributed by atoms with Crippen LogP contribution in [0.15, 0.2) is 106 Å².